The summed E-state index contributed by atoms with van der Waals surface area (Å²) in [6, 6.07) is 13.4. The van der Waals surface area contributed by atoms with Crippen molar-refractivity contribution >= 4 is 17.5 Å². The monoisotopic (exact) mass is 331 g/mol. The van der Waals surface area contributed by atoms with Crippen LogP contribution in [0, 0.1) is 13.8 Å². The molecule has 2 rings (SSSR count). The predicted molar refractivity (Wildman–Crippen MR) is 93.9 cm³/mol. The van der Waals surface area contributed by atoms with Crippen LogP contribution in [0.4, 0.5) is 0 Å². The maximum absolute atomic E-state index is 12.4. The standard InChI is InChI=1S/C19H22ClNO2/c1-4-17(23-18-10-9-16(20)11-14(18)3)19(22)21-12-15-8-6-5-7-13(15)2/h5-11,17H,4,12H2,1-3H3,(H,21,22). The largest absolute Gasteiger partial charge is 0.480 e. The summed E-state index contributed by atoms with van der Waals surface area (Å²) in [5, 5.41) is 3.61. The van der Waals surface area contributed by atoms with Crippen LogP contribution in [0.3, 0.4) is 0 Å². The molecule has 4 heteroatoms. The van der Waals surface area contributed by atoms with Crippen molar-refractivity contribution in [2.75, 3.05) is 0 Å². The number of hydrogen-bond acceptors (Lipinski definition) is 2. The first kappa shape index (κ1) is 17.4. The molecular formula is C19H22ClNO2. The van der Waals surface area contributed by atoms with Crippen LogP contribution in [0.25, 0.3) is 0 Å². The Bertz CT molecular complexity index is 685. The highest BCUT2D eigenvalue weighted by molar-refractivity contribution is 6.30. The summed E-state index contributed by atoms with van der Waals surface area (Å²) in [5.41, 5.74) is 3.19. The van der Waals surface area contributed by atoms with Gasteiger partial charge in [0.2, 0.25) is 0 Å². The van der Waals surface area contributed by atoms with E-state index >= 15 is 0 Å². The maximum Gasteiger partial charge on any atom is 0.261 e. The smallest absolute Gasteiger partial charge is 0.261 e. The summed E-state index contributed by atoms with van der Waals surface area (Å²) < 4.78 is 5.86. The first-order valence-electron chi connectivity index (χ1n) is 7.76. The number of hydrogen-bond donors (Lipinski definition) is 1. The van der Waals surface area contributed by atoms with Crippen molar-refractivity contribution < 1.29 is 9.53 Å². The van der Waals surface area contributed by atoms with E-state index in [-0.39, 0.29) is 5.91 Å². The van der Waals surface area contributed by atoms with Crippen LogP contribution in [-0.4, -0.2) is 12.0 Å². The van der Waals surface area contributed by atoms with Crippen LogP contribution >= 0.6 is 11.6 Å². The molecule has 23 heavy (non-hydrogen) atoms. The van der Waals surface area contributed by atoms with Gasteiger partial charge in [0.1, 0.15) is 5.75 Å². The number of nitrogens with one attached hydrogen (secondary N) is 1. The normalized spacial score (nSPS) is 11.8. The van der Waals surface area contributed by atoms with Gasteiger partial charge in [-0.05, 0) is 55.2 Å². The van der Waals surface area contributed by atoms with Gasteiger partial charge in [-0.15, -0.1) is 0 Å². The van der Waals surface area contributed by atoms with E-state index in [2.05, 4.69) is 5.32 Å². The molecule has 1 amide bonds. The second kappa shape index (κ2) is 8.02. The van der Waals surface area contributed by atoms with Gasteiger partial charge in [0, 0.05) is 11.6 Å². The highest BCUT2D eigenvalue weighted by Gasteiger charge is 2.19. The van der Waals surface area contributed by atoms with Crippen LogP contribution in [0.1, 0.15) is 30.0 Å². The molecule has 1 unspecified atom stereocenters. The molecule has 3 nitrogen and oxygen atoms in total. The minimum Gasteiger partial charge on any atom is -0.480 e. The number of amides is 1. The van der Waals surface area contributed by atoms with Gasteiger partial charge in [-0.1, -0.05) is 42.8 Å². The molecule has 0 fully saturated rings. The van der Waals surface area contributed by atoms with Crippen molar-refractivity contribution in [3.63, 3.8) is 0 Å². The fourth-order valence-corrected chi connectivity index (χ4v) is 2.55. The molecule has 0 saturated carbocycles. The number of carbonyl (C=O) groups excluding carboxylic acids is 1. The van der Waals surface area contributed by atoms with Gasteiger partial charge in [0.25, 0.3) is 5.91 Å². The third-order valence-corrected chi connectivity index (χ3v) is 4.02. The maximum atomic E-state index is 12.4. The van der Waals surface area contributed by atoms with Crippen molar-refractivity contribution in [2.24, 2.45) is 0 Å². The summed E-state index contributed by atoms with van der Waals surface area (Å²) in [7, 11) is 0. The van der Waals surface area contributed by atoms with E-state index < -0.39 is 6.10 Å². The van der Waals surface area contributed by atoms with Crippen molar-refractivity contribution in [3.05, 3.63) is 64.2 Å². The first-order valence-corrected chi connectivity index (χ1v) is 8.14. The van der Waals surface area contributed by atoms with Gasteiger partial charge in [0.15, 0.2) is 6.10 Å². The summed E-state index contributed by atoms with van der Waals surface area (Å²) in [6.45, 7) is 6.39. The van der Waals surface area contributed by atoms with E-state index in [9.17, 15) is 4.79 Å². The van der Waals surface area contributed by atoms with Crippen molar-refractivity contribution in [1.29, 1.82) is 0 Å². The lowest BCUT2D eigenvalue weighted by Crippen LogP contribution is -2.37. The minimum atomic E-state index is -0.515. The SMILES string of the molecule is CCC(Oc1ccc(Cl)cc1C)C(=O)NCc1ccccc1C. The first-order chi connectivity index (χ1) is 11.0. The fraction of sp³-hybridized carbons (Fsp3) is 0.316. The Labute approximate surface area is 142 Å². The summed E-state index contributed by atoms with van der Waals surface area (Å²) in [6.07, 6.45) is 0.0840. The summed E-state index contributed by atoms with van der Waals surface area (Å²) >= 11 is 5.95. The Hall–Kier alpha value is -2.00. The van der Waals surface area contributed by atoms with E-state index in [1.165, 1.54) is 0 Å². The number of carbonyl (C=O) groups is 1. The number of benzene rings is 2. The molecule has 0 radical (unpaired) electrons. The van der Waals surface area contributed by atoms with Gasteiger partial charge >= 0.3 is 0 Å². The number of aryl methyl sites for hydroxylation is 2. The molecule has 2 aromatic rings. The van der Waals surface area contributed by atoms with Crippen molar-refractivity contribution in [3.8, 4) is 5.75 Å². The number of ether oxygens (including phenoxy) is 1. The molecule has 1 atom stereocenters. The van der Waals surface area contributed by atoms with Crippen LogP contribution in [0.15, 0.2) is 42.5 Å². The Morgan fingerprint density at radius 3 is 2.57 bits per heavy atom. The molecule has 0 aliphatic heterocycles. The number of halogens is 1. The summed E-state index contributed by atoms with van der Waals surface area (Å²) in [4.78, 5) is 12.4. The van der Waals surface area contributed by atoms with E-state index in [0.29, 0.717) is 23.7 Å². The van der Waals surface area contributed by atoms with Crippen LogP contribution in [-0.2, 0) is 11.3 Å². The zero-order valence-corrected chi connectivity index (χ0v) is 14.5. The Morgan fingerprint density at radius 1 is 1.17 bits per heavy atom. The van der Waals surface area contributed by atoms with Gasteiger partial charge in [-0.25, -0.2) is 0 Å². The van der Waals surface area contributed by atoms with Gasteiger partial charge < -0.3 is 10.1 Å². The lowest BCUT2D eigenvalue weighted by molar-refractivity contribution is -0.128. The molecule has 0 bridgehead atoms. The molecule has 0 aromatic heterocycles. The summed E-state index contributed by atoms with van der Waals surface area (Å²) in [5.74, 6) is 0.581. The molecule has 1 N–H and O–H groups in total. The predicted octanol–water partition coefficient (Wildman–Crippen LogP) is 4.43. The average molecular weight is 332 g/mol. The van der Waals surface area contributed by atoms with Crippen LogP contribution in [0.2, 0.25) is 5.02 Å². The Kier molecular flexibility index (Phi) is 6.05. The van der Waals surface area contributed by atoms with E-state index in [4.69, 9.17) is 16.3 Å². The van der Waals surface area contributed by atoms with Crippen molar-refractivity contribution in [2.45, 2.75) is 39.8 Å². The van der Waals surface area contributed by atoms with Crippen LogP contribution in [0.5, 0.6) is 5.75 Å². The molecule has 0 saturated heterocycles. The fourth-order valence-electron chi connectivity index (χ4n) is 2.33. The molecule has 122 valence electrons. The quantitative estimate of drug-likeness (QED) is 0.850. The second-order valence-electron chi connectivity index (χ2n) is 5.57. The van der Waals surface area contributed by atoms with Gasteiger partial charge in [-0.2, -0.15) is 0 Å². The van der Waals surface area contributed by atoms with Crippen molar-refractivity contribution in [1.82, 2.24) is 5.32 Å². The minimum absolute atomic E-state index is 0.106. The zero-order chi connectivity index (χ0) is 16.8. The average Bonchev–Trinajstić information content (AvgIpc) is 2.53. The highest BCUT2D eigenvalue weighted by atomic mass is 35.5. The van der Waals surface area contributed by atoms with E-state index in [0.717, 1.165) is 16.7 Å². The zero-order valence-electron chi connectivity index (χ0n) is 13.7. The highest BCUT2D eigenvalue weighted by Crippen LogP contribution is 2.23. The van der Waals surface area contributed by atoms with E-state index in [1.54, 1.807) is 12.1 Å². The van der Waals surface area contributed by atoms with Gasteiger partial charge in [0.05, 0.1) is 0 Å². The second-order valence-corrected chi connectivity index (χ2v) is 6.01. The Balaban J connectivity index is 2.00. The lowest BCUT2D eigenvalue weighted by Gasteiger charge is -2.19. The van der Waals surface area contributed by atoms with E-state index in [1.807, 2.05) is 51.1 Å². The molecular weight excluding hydrogens is 310 g/mol. The van der Waals surface area contributed by atoms with Crippen LogP contribution < -0.4 is 10.1 Å². The van der Waals surface area contributed by atoms with Gasteiger partial charge in [-0.3, -0.25) is 4.79 Å². The third-order valence-electron chi connectivity index (χ3n) is 3.78. The molecule has 0 spiro atoms. The molecule has 0 aliphatic carbocycles. The topological polar surface area (TPSA) is 38.3 Å². The molecule has 0 aliphatic rings. The third kappa shape index (κ3) is 4.73. The molecule has 0 heterocycles. The molecule has 2 aromatic carbocycles. The Morgan fingerprint density at radius 2 is 1.91 bits per heavy atom. The lowest BCUT2D eigenvalue weighted by atomic mass is 10.1. The number of rotatable bonds is 6.